The zero-order valence-electron chi connectivity index (χ0n) is 11.6. The van der Waals surface area contributed by atoms with E-state index in [-0.39, 0.29) is 11.7 Å². The van der Waals surface area contributed by atoms with Gasteiger partial charge in [-0.05, 0) is 48.2 Å². The van der Waals surface area contributed by atoms with Gasteiger partial charge < -0.3 is 11.1 Å². The number of aryl methyl sites for hydroxylation is 1. The van der Waals surface area contributed by atoms with Gasteiger partial charge in [-0.25, -0.2) is 4.39 Å². The Kier molecular flexibility index (Phi) is 3.37. The van der Waals surface area contributed by atoms with Gasteiger partial charge in [-0.1, -0.05) is 24.3 Å². The normalized spacial score (nSPS) is 20.6. The standard InChI is InChI=1S/C17H17FN2O/c18-14-5-7-15(8-6-14)20-17(16(19)21)10-9-12-3-1-2-4-13(12)11-17/h1-8,20H,9-11H2,(H2,19,21). The molecule has 0 saturated carbocycles. The SMILES string of the molecule is NC(=O)C1(Nc2ccc(F)cc2)CCc2ccccc2C1. The van der Waals surface area contributed by atoms with E-state index in [1.165, 1.54) is 17.7 Å². The number of fused-ring (bicyclic) bond motifs is 1. The molecule has 0 aromatic heterocycles. The van der Waals surface area contributed by atoms with E-state index in [2.05, 4.69) is 11.4 Å². The van der Waals surface area contributed by atoms with Gasteiger partial charge in [0, 0.05) is 12.1 Å². The highest BCUT2D eigenvalue weighted by atomic mass is 19.1. The first-order valence-electron chi connectivity index (χ1n) is 6.99. The molecule has 3 N–H and O–H groups in total. The van der Waals surface area contributed by atoms with Gasteiger partial charge >= 0.3 is 0 Å². The first kappa shape index (κ1) is 13.6. The Morgan fingerprint density at radius 2 is 1.76 bits per heavy atom. The molecule has 1 atom stereocenters. The second-order valence-corrected chi connectivity index (χ2v) is 5.52. The zero-order valence-corrected chi connectivity index (χ0v) is 11.6. The second-order valence-electron chi connectivity index (χ2n) is 5.52. The van der Waals surface area contributed by atoms with E-state index in [0.717, 1.165) is 12.0 Å². The molecule has 1 aliphatic carbocycles. The van der Waals surface area contributed by atoms with Gasteiger partial charge in [-0.3, -0.25) is 4.79 Å². The summed E-state index contributed by atoms with van der Waals surface area (Å²) in [5, 5.41) is 3.22. The van der Waals surface area contributed by atoms with Crippen LogP contribution in [0.1, 0.15) is 17.5 Å². The van der Waals surface area contributed by atoms with Gasteiger partial charge in [0.25, 0.3) is 0 Å². The van der Waals surface area contributed by atoms with Gasteiger partial charge in [-0.2, -0.15) is 0 Å². The first-order valence-corrected chi connectivity index (χ1v) is 6.99. The Balaban J connectivity index is 1.91. The van der Waals surface area contributed by atoms with Crippen molar-refractivity contribution in [3.63, 3.8) is 0 Å². The molecule has 1 unspecified atom stereocenters. The summed E-state index contributed by atoms with van der Waals surface area (Å²) in [6.45, 7) is 0. The summed E-state index contributed by atoms with van der Waals surface area (Å²) in [6, 6.07) is 14.1. The van der Waals surface area contributed by atoms with Crippen LogP contribution in [0.5, 0.6) is 0 Å². The average Bonchev–Trinajstić information content (AvgIpc) is 2.49. The van der Waals surface area contributed by atoms with Crippen molar-refractivity contribution in [3.05, 3.63) is 65.5 Å². The molecule has 0 heterocycles. The van der Waals surface area contributed by atoms with Crippen LogP contribution in [0.15, 0.2) is 48.5 Å². The van der Waals surface area contributed by atoms with Crippen LogP contribution >= 0.6 is 0 Å². The molecule has 1 aliphatic rings. The molecule has 0 radical (unpaired) electrons. The van der Waals surface area contributed by atoms with E-state index in [0.29, 0.717) is 18.5 Å². The minimum absolute atomic E-state index is 0.303. The molecule has 21 heavy (non-hydrogen) atoms. The highest BCUT2D eigenvalue weighted by Gasteiger charge is 2.39. The molecule has 0 aliphatic heterocycles. The molecule has 0 spiro atoms. The number of anilines is 1. The predicted molar refractivity (Wildman–Crippen MR) is 80.4 cm³/mol. The number of nitrogens with two attached hydrogens (primary N) is 1. The Morgan fingerprint density at radius 1 is 1.10 bits per heavy atom. The number of hydrogen-bond acceptors (Lipinski definition) is 2. The van der Waals surface area contributed by atoms with Crippen LogP contribution in [0.3, 0.4) is 0 Å². The molecule has 3 nitrogen and oxygen atoms in total. The van der Waals surface area contributed by atoms with Gasteiger partial charge in [0.2, 0.25) is 5.91 Å². The Bertz CT molecular complexity index is 669. The van der Waals surface area contributed by atoms with Crippen molar-refractivity contribution in [1.82, 2.24) is 0 Å². The summed E-state index contributed by atoms with van der Waals surface area (Å²) < 4.78 is 13.0. The van der Waals surface area contributed by atoms with Crippen LogP contribution < -0.4 is 11.1 Å². The Morgan fingerprint density at radius 3 is 2.43 bits per heavy atom. The topological polar surface area (TPSA) is 55.1 Å². The monoisotopic (exact) mass is 284 g/mol. The minimum Gasteiger partial charge on any atom is -0.371 e. The van der Waals surface area contributed by atoms with E-state index in [9.17, 15) is 9.18 Å². The number of halogens is 1. The fourth-order valence-electron chi connectivity index (χ4n) is 2.92. The largest absolute Gasteiger partial charge is 0.371 e. The average molecular weight is 284 g/mol. The number of primary amides is 1. The number of rotatable bonds is 3. The molecule has 0 saturated heterocycles. The van der Waals surface area contributed by atoms with Crippen LogP contribution in [0.25, 0.3) is 0 Å². The summed E-state index contributed by atoms with van der Waals surface area (Å²) in [5.41, 5.74) is 7.95. The van der Waals surface area contributed by atoms with Crippen molar-refractivity contribution in [2.24, 2.45) is 5.73 Å². The molecule has 0 fully saturated rings. The highest BCUT2D eigenvalue weighted by molar-refractivity contribution is 5.88. The van der Waals surface area contributed by atoms with Crippen molar-refractivity contribution >= 4 is 11.6 Å². The maximum Gasteiger partial charge on any atom is 0.243 e. The smallest absolute Gasteiger partial charge is 0.243 e. The number of hydrogen-bond donors (Lipinski definition) is 2. The minimum atomic E-state index is -0.813. The van der Waals surface area contributed by atoms with Crippen LogP contribution in [-0.4, -0.2) is 11.4 Å². The molecular weight excluding hydrogens is 267 g/mol. The summed E-state index contributed by atoms with van der Waals surface area (Å²) in [6.07, 6.45) is 1.99. The number of benzene rings is 2. The van der Waals surface area contributed by atoms with Crippen LogP contribution in [0.2, 0.25) is 0 Å². The third-order valence-corrected chi connectivity index (χ3v) is 4.13. The predicted octanol–water partition coefficient (Wildman–Crippen LogP) is 2.65. The van der Waals surface area contributed by atoms with Gasteiger partial charge in [-0.15, -0.1) is 0 Å². The Hall–Kier alpha value is -2.36. The third-order valence-electron chi connectivity index (χ3n) is 4.13. The molecule has 4 heteroatoms. The lowest BCUT2D eigenvalue weighted by Crippen LogP contribution is -2.54. The molecule has 2 aromatic carbocycles. The molecule has 0 bridgehead atoms. The van der Waals surface area contributed by atoms with Crippen LogP contribution in [0, 0.1) is 5.82 Å². The Labute approximate surface area is 123 Å². The summed E-state index contributed by atoms with van der Waals surface area (Å²) in [4.78, 5) is 12.0. The van der Waals surface area contributed by atoms with Crippen LogP contribution in [-0.2, 0) is 17.6 Å². The lowest BCUT2D eigenvalue weighted by molar-refractivity contribution is -0.122. The summed E-state index contributed by atoms with van der Waals surface area (Å²) in [5.74, 6) is -0.677. The molecule has 108 valence electrons. The van der Waals surface area contributed by atoms with Crippen LogP contribution in [0.4, 0.5) is 10.1 Å². The number of amides is 1. The fraction of sp³-hybridized carbons (Fsp3) is 0.235. The number of nitrogens with one attached hydrogen (secondary N) is 1. The van der Waals surface area contributed by atoms with Crippen molar-refractivity contribution in [2.75, 3.05) is 5.32 Å². The lowest BCUT2D eigenvalue weighted by Gasteiger charge is -2.37. The van der Waals surface area contributed by atoms with E-state index in [1.54, 1.807) is 12.1 Å². The number of carbonyl (C=O) groups is 1. The first-order chi connectivity index (χ1) is 10.1. The maximum absolute atomic E-state index is 13.0. The van der Waals surface area contributed by atoms with Crippen molar-refractivity contribution < 1.29 is 9.18 Å². The zero-order chi connectivity index (χ0) is 14.9. The quantitative estimate of drug-likeness (QED) is 0.910. The molecule has 2 aromatic rings. The lowest BCUT2D eigenvalue weighted by atomic mass is 9.77. The molecular formula is C17H17FN2O. The second kappa shape index (κ2) is 5.20. The van der Waals surface area contributed by atoms with Gasteiger partial charge in [0.05, 0.1) is 0 Å². The summed E-state index contributed by atoms with van der Waals surface area (Å²) >= 11 is 0. The van der Waals surface area contributed by atoms with E-state index in [1.807, 2.05) is 18.2 Å². The van der Waals surface area contributed by atoms with Crippen molar-refractivity contribution in [3.8, 4) is 0 Å². The number of carbonyl (C=O) groups excluding carboxylic acids is 1. The fourth-order valence-corrected chi connectivity index (χ4v) is 2.92. The molecule has 3 rings (SSSR count). The third kappa shape index (κ3) is 2.61. The van der Waals surface area contributed by atoms with E-state index in [4.69, 9.17) is 5.73 Å². The van der Waals surface area contributed by atoms with E-state index < -0.39 is 5.54 Å². The molecule has 1 amide bonds. The van der Waals surface area contributed by atoms with Crippen molar-refractivity contribution in [1.29, 1.82) is 0 Å². The maximum atomic E-state index is 13.0. The van der Waals surface area contributed by atoms with Gasteiger partial charge in [0.1, 0.15) is 11.4 Å². The summed E-state index contributed by atoms with van der Waals surface area (Å²) in [7, 11) is 0. The van der Waals surface area contributed by atoms with Crippen molar-refractivity contribution in [2.45, 2.75) is 24.8 Å². The highest BCUT2D eigenvalue weighted by Crippen LogP contribution is 2.31. The van der Waals surface area contributed by atoms with Gasteiger partial charge in [0.15, 0.2) is 0 Å². The van der Waals surface area contributed by atoms with E-state index >= 15 is 0 Å².